The standard InChI is InChI=1S/C25H23N3O2/c29-22-17-26-23(21-14-8-3-9-15-21)24(28(22)18-20-12-6-2-7-13-20)25(30)27-16-19-10-4-1-5-11-19/h1-15,26H,16-18H2,(H,27,30). The second-order valence-electron chi connectivity index (χ2n) is 7.08. The normalized spacial score (nSPS) is 13.7. The molecule has 0 unspecified atom stereocenters. The fourth-order valence-corrected chi connectivity index (χ4v) is 3.48. The van der Waals surface area contributed by atoms with Crippen molar-refractivity contribution in [2.75, 3.05) is 6.54 Å². The maximum Gasteiger partial charge on any atom is 0.270 e. The molecule has 2 N–H and O–H groups in total. The van der Waals surface area contributed by atoms with Crippen molar-refractivity contribution in [3.8, 4) is 0 Å². The van der Waals surface area contributed by atoms with Crippen LogP contribution in [0.3, 0.4) is 0 Å². The molecular weight excluding hydrogens is 374 g/mol. The summed E-state index contributed by atoms with van der Waals surface area (Å²) in [5.41, 5.74) is 3.84. The average Bonchev–Trinajstić information content (AvgIpc) is 2.80. The summed E-state index contributed by atoms with van der Waals surface area (Å²) in [5.74, 6) is -0.419. The van der Waals surface area contributed by atoms with Crippen LogP contribution in [0.2, 0.25) is 0 Å². The molecule has 0 radical (unpaired) electrons. The molecule has 0 atom stereocenters. The third-order valence-corrected chi connectivity index (χ3v) is 4.98. The molecule has 0 bridgehead atoms. The molecular formula is C25H23N3O2. The molecule has 5 nitrogen and oxygen atoms in total. The topological polar surface area (TPSA) is 61.4 Å². The predicted molar refractivity (Wildman–Crippen MR) is 117 cm³/mol. The van der Waals surface area contributed by atoms with Gasteiger partial charge in [0.15, 0.2) is 0 Å². The molecule has 3 aromatic carbocycles. The number of nitrogens with one attached hydrogen (secondary N) is 2. The van der Waals surface area contributed by atoms with E-state index in [1.165, 1.54) is 0 Å². The predicted octanol–water partition coefficient (Wildman–Crippen LogP) is 3.30. The zero-order valence-corrected chi connectivity index (χ0v) is 16.5. The third-order valence-electron chi connectivity index (χ3n) is 4.98. The molecule has 0 fully saturated rings. The Morgan fingerprint density at radius 1 is 0.833 bits per heavy atom. The van der Waals surface area contributed by atoms with Gasteiger partial charge in [-0.15, -0.1) is 0 Å². The third kappa shape index (κ3) is 4.41. The Morgan fingerprint density at radius 3 is 2.03 bits per heavy atom. The molecule has 2 amide bonds. The van der Waals surface area contributed by atoms with Crippen LogP contribution in [0.5, 0.6) is 0 Å². The van der Waals surface area contributed by atoms with Gasteiger partial charge in [-0.25, -0.2) is 0 Å². The van der Waals surface area contributed by atoms with E-state index in [2.05, 4.69) is 10.6 Å². The molecule has 5 heteroatoms. The minimum Gasteiger partial charge on any atom is -0.374 e. The Morgan fingerprint density at radius 2 is 1.40 bits per heavy atom. The van der Waals surface area contributed by atoms with Crippen molar-refractivity contribution in [1.29, 1.82) is 0 Å². The molecule has 3 aromatic rings. The molecule has 0 saturated carbocycles. The van der Waals surface area contributed by atoms with E-state index >= 15 is 0 Å². The fourth-order valence-electron chi connectivity index (χ4n) is 3.48. The number of rotatable bonds is 6. The summed E-state index contributed by atoms with van der Waals surface area (Å²) >= 11 is 0. The SMILES string of the molecule is O=C(NCc1ccccc1)C1=C(c2ccccc2)NCC(=O)N1Cc1ccccc1. The summed E-state index contributed by atoms with van der Waals surface area (Å²) in [5, 5.41) is 6.13. The second-order valence-corrected chi connectivity index (χ2v) is 7.08. The van der Waals surface area contributed by atoms with E-state index in [1.54, 1.807) is 4.90 Å². The minimum atomic E-state index is -0.283. The van der Waals surface area contributed by atoms with Crippen molar-refractivity contribution in [2.24, 2.45) is 0 Å². The van der Waals surface area contributed by atoms with Crippen LogP contribution in [0.1, 0.15) is 16.7 Å². The van der Waals surface area contributed by atoms with Gasteiger partial charge in [0.25, 0.3) is 5.91 Å². The number of nitrogens with zero attached hydrogens (tertiary/aromatic N) is 1. The zero-order valence-electron chi connectivity index (χ0n) is 16.5. The molecule has 1 aliphatic heterocycles. The van der Waals surface area contributed by atoms with Crippen LogP contribution >= 0.6 is 0 Å². The first kappa shape index (κ1) is 19.5. The van der Waals surface area contributed by atoms with E-state index in [9.17, 15) is 9.59 Å². The maximum atomic E-state index is 13.3. The van der Waals surface area contributed by atoms with Crippen molar-refractivity contribution in [1.82, 2.24) is 15.5 Å². The average molecular weight is 397 g/mol. The smallest absolute Gasteiger partial charge is 0.270 e. The highest BCUT2D eigenvalue weighted by atomic mass is 16.2. The van der Waals surface area contributed by atoms with E-state index in [0.29, 0.717) is 24.5 Å². The fraction of sp³-hybridized carbons (Fsp3) is 0.120. The lowest BCUT2D eigenvalue weighted by atomic mass is 10.1. The van der Waals surface area contributed by atoms with Gasteiger partial charge in [-0.05, 0) is 16.7 Å². The van der Waals surface area contributed by atoms with Crippen LogP contribution in [-0.2, 0) is 22.7 Å². The quantitative estimate of drug-likeness (QED) is 0.671. The molecule has 1 heterocycles. The van der Waals surface area contributed by atoms with E-state index in [1.807, 2.05) is 91.0 Å². The first-order valence-corrected chi connectivity index (χ1v) is 9.92. The van der Waals surface area contributed by atoms with Crippen LogP contribution in [-0.4, -0.2) is 23.3 Å². The molecule has 0 aromatic heterocycles. The Kier molecular flexibility index (Phi) is 5.90. The number of hydrogen-bond donors (Lipinski definition) is 2. The number of amides is 2. The van der Waals surface area contributed by atoms with Gasteiger partial charge in [-0.2, -0.15) is 0 Å². The summed E-state index contributed by atoms with van der Waals surface area (Å²) < 4.78 is 0. The highest BCUT2D eigenvalue weighted by Crippen LogP contribution is 2.25. The summed E-state index contributed by atoms with van der Waals surface area (Å²) in [6.45, 7) is 0.872. The van der Waals surface area contributed by atoms with Crippen molar-refractivity contribution < 1.29 is 9.59 Å². The Labute approximate surface area is 176 Å². The highest BCUT2D eigenvalue weighted by Gasteiger charge is 2.32. The molecule has 0 saturated heterocycles. The van der Waals surface area contributed by atoms with Gasteiger partial charge in [-0.1, -0.05) is 91.0 Å². The summed E-state index contributed by atoms with van der Waals surface area (Å²) in [7, 11) is 0. The van der Waals surface area contributed by atoms with E-state index in [0.717, 1.165) is 16.7 Å². The van der Waals surface area contributed by atoms with Crippen molar-refractivity contribution >= 4 is 17.5 Å². The number of benzene rings is 3. The maximum absolute atomic E-state index is 13.3. The second kappa shape index (κ2) is 9.09. The monoisotopic (exact) mass is 397 g/mol. The molecule has 30 heavy (non-hydrogen) atoms. The zero-order chi connectivity index (χ0) is 20.8. The number of carbonyl (C=O) groups excluding carboxylic acids is 2. The van der Waals surface area contributed by atoms with Crippen molar-refractivity contribution in [3.05, 3.63) is 113 Å². The minimum absolute atomic E-state index is 0.136. The lowest BCUT2D eigenvalue weighted by Gasteiger charge is -2.32. The molecule has 0 aliphatic carbocycles. The van der Waals surface area contributed by atoms with Crippen LogP contribution in [0.25, 0.3) is 5.70 Å². The lowest BCUT2D eigenvalue weighted by Crippen LogP contribution is -2.47. The van der Waals surface area contributed by atoms with Crippen LogP contribution in [0.15, 0.2) is 96.7 Å². The van der Waals surface area contributed by atoms with Gasteiger partial charge < -0.3 is 10.6 Å². The van der Waals surface area contributed by atoms with Gasteiger partial charge in [0, 0.05) is 6.54 Å². The Balaban J connectivity index is 1.69. The number of hydrogen-bond acceptors (Lipinski definition) is 3. The Bertz CT molecular complexity index is 1050. The molecule has 1 aliphatic rings. The van der Waals surface area contributed by atoms with Crippen molar-refractivity contribution in [2.45, 2.75) is 13.1 Å². The lowest BCUT2D eigenvalue weighted by molar-refractivity contribution is -0.132. The van der Waals surface area contributed by atoms with Gasteiger partial charge in [0.1, 0.15) is 5.70 Å². The number of carbonyl (C=O) groups is 2. The molecule has 4 rings (SSSR count). The van der Waals surface area contributed by atoms with E-state index < -0.39 is 0 Å². The van der Waals surface area contributed by atoms with Crippen LogP contribution < -0.4 is 10.6 Å². The van der Waals surface area contributed by atoms with Gasteiger partial charge >= 0.3 is 0 Å². The Hall–Kier alpha value is -3.86. The van der Waals surface area contributed by atoms with Crippen molar-refractivity contribution in [3.63, 3.8) is 0 Å². The van der Waals surface area contributed by atoms with Crippen LogP contribution in [0, 0.1) is 0 Å². The van der Waals surface area contributed by atoms with E-state index in [-0.39, 0.29) is 18.4 Å². The van der Waals surface area contributed by atoms with E-state index in [4.69, 9.17) is 0 Å². The highest BCUT2D eigenvalue weighted by molar-refractivity contribution is 6.06. The molecule has 150 valence electrons. The molecule has 0 spiro atoms. The van der Waals surface area contributed by atoms with Gasteiger partial charge in [-0.3, -0.25) is 14.5 Å². The summed E-state index contributed by atoms with van der Waals surface area (Å²) in [6, 6.07) is 29.1. The van der Waals surface area contributed by atoms with Gasteiger partial charge in [0.05, 0.1) is 18.8 Å². The van der Waals surface area contributed by atoms with Gasteiger partial charge in [0.2, 0.25) is 5.91 Å². The summed E-state index contributed by atoms with van der Waals surface area (Å²) in [4.78, 5) is 27.7. The first-order valence-electron chi connectivity index (χ1n) is 9.92. The first-order chi connectivity index (χ1) is 14.7. The summed E-state index contributed by atoms with van der Waals surface area (Å²) in [6.07, 6.45) is 0. The largest absolute Gasteiger partial charge is 0.374 e. The van der Waals surface area contributed by atoms with Crippen LogP contribution in [0.4, 0.5) is 0 Å².